The Labute approximate surface area is 151 Å². The summed E-state index contributed by atoms with van der Waals surface area (Å²) in [5.74, 6) is -0.541. The lowest BCUT2D eigenvalue weighted by molar-refractivity contribution is -0.394. The molecule has 0 radical (unpaired) electrons. The quantitative estimate of drug-likeness (QED) is 0.440. The van der Waals surface area contributed by atoms with Crippen molar-refractivity contribution < 1.29 is 19.7 Å². The number of aromatic hydroxyl groups is 1. The topological polar surface area (TPSA) is 116 Å². The van der Waals surface area contributed by atoms with Crippen LogP contribution in [0.5, 0.6) is 5.75 Å². The lowest BCUT2D eigenvalue weighted by Gasteiger charge is -2.02. The van der Waals surface area contributed by atoms with E-state index in [4.69, 9.17) is 4.74 Å². The third-order valence-corrected chi connectivity index (χ3v) is 3.43. The van der Waals surface area contributed by atoms with E-state index in [-0.39, 0.29) is 5.56 Å². The van der Waals surface area contributed by atoms with Crippen molar-refractivity contribution >= 4 is 11.4 Å². The third-order valence-electron chi connectivity index (χ3n) is 3.43. The summed E-state index contributed by atoms with van der Waals surface area (Å²) in [6, 6.07) is 12.1. The summed E-state index contributed by atoms with van der Waals surface area (Å²) in [5, 5.41) is 29.9. The number of hydrogen-bond donors (Lipinski definition) is 1. The van der Waals surface area contributed by atoms with Crippen molar-refractivity contribution in [1.82, 2.24) is 0 Å². The van der Waals surface area contributed by atoms with Crippen molar-refractivity contribution in [3.8, 4) is 5.75 Å². The van der Waals surface area contributed by atoms with Crippen molar-refractivity contribution in [2.24, 2.45) is 0 Å². The van der Waals surface area contributed by atoms with Crippen molar-refractivity contribution in [3.05, 3.63) is 73.8 Å². The van der Waals surface area contributed by atoms with Gasteiger partial charge in [-0.3, -0.25) is 20.2 Å². The Kier molecular flexibility index (Phi) is 8.72. The van der Waals surface area contributed by atoms with Crippen LogP contribution in [-0.4, -0.2) is 21.6 Å². The van der Waals surface area contributed by atoms with Gasteiger partial charge in [0.2, 0.25) is 0 Å². The first-order chi connectivity index (χ1) is 12.4. The fraction of sp³-hybridized carbons (Fsp3) is 0.333. The van der Waals surface area contributed by atoms with Gasteiger partial charge in [0, 0.05) is 18.2 Å². The number of rotatable bonds is 7. The van der Waals surface area contributed by atoms with Gasteiger partial charge in [0.05, 0.1) is 22.5 Å². The van der Waals surface area contributed by atoms with Gasteiger partial charge in [-0.05, 0) is 18.9 Å². The van der Waals surface area contributed by atoms with Gasteiger partial charge in [0.25, 0.3) is 5.69 Å². The number of benzene rings is 2. The van der Waals surface area contributed by atoms with Gasteiger partial charge in [-0.15, -0.1) is 0 Å². The fourth-order valence-electron chi connectivity index (χ4n) is 2.00. The normalized spacial score (nSPS) is 9.92. The highest BCUT2D eigenvalue weighted by Crippen LogP contribution is 2.33. The van der Waals surface area contributed by atoms with E-state index in [1.165, 1.54) is 18.9 Å². The molecule has 0 saturated heterocycles. The van der Waals surface area contributed by atoms with Crippen LogP contribution in [0.2, 0.25) is 0 Å². The summed E-state index contributed by atoms with van der Waals surface area (Å²) in [7, 11) is 0. The standard InChI is InChI=1S/C11H16O.C7H6N2O5/c1-2-3-9-12-10-11-7-5-4-6-8-11;1-4-2-5(8(11)12)3-6(7(4)10)9(13)14/h4-8H,2-3,9-10H2,1H3;2-3,10H,1H3. The summed E-state index contributed by atoms with van der Waals surface area (Å²) in [5.41, 5.74) is 0.295. The van der Waals surface area contributed by atoms with Gasteiger partial charge in [-0.25, -0.2) is 0 Å². The molecule has 0 saturated carbocycles. The highest BCUT2D eigenvalue weighted by Gasteiger charge is 2.21. The van der Waals surface area contributed by atoms with E-state index < -0.39 is 27.0 Å². The first-order valence-corrected chi connectivity index (χ1v) is 8.10. The number of nitro benzene ring substituents is 2. The van der Waals surface area contributed by atoms with Crippen molar-refractivity contribution in [1.29, 1.82) is 0 Å². The molecule has 2 rings (SSSR count). The zero-order chi connectivity index (χ0) is 19.5. The molecule has 0 unspecified atom stereocenters. The van der Waals surface area contributed by atoms with Crippen LogP contribution in [0.4, 0.5) is 11.4 Å². The van der Waals surface area contributed by atoms with Crippen LogP contribution >= 0.6 is 0 Å². The van der Waals surface area contributed by atoms with Gasteiger partial charge in [0.1, 0.15) is 0 Å². The van der Waals surface area contributed by atoms with E-state index >= 15 is 0 Å². The monoisotopic (exact) mass is 362 g/mol. The van der Waals surface area contributed by atoms with Crippen LogP contribution in [0.15, 0.2) is 42.5 Å². The number of phenols is 1. The molecule has 8 heteroatoms. The Morgan fingerprint density at radius 2 is 1.73 bits per heavy atom. The maximum absolute atomic E-state index is 10.4. The van der Waals surface area contributed by atoms with Gasteiger partial charge in [-0.1, -0.05) is 43.7 Å². The van der Waals surface area contributed by atoms with Crippen LogP contribution in [0.25, 0.3) is 0 Å². The second-order valence-corrected chi connectivity index (χ2v) is 5.54. The molecular weight excluding hydrogens is 340 g/mol. The molecule has 0 amide bonds. The minimum atomic E-state index is -0.866. The number of ether oxygens (including phenoxy) is 1. The smallest absolute Gasteiger partial charge is 0.317 e. The average molecular weight is 362 g/mol. The fourth-order valence-corrected chi connectivity index (χ4v) is 2.00. The number of nitro groups is 2. The molecule has 0 heterocycles. The predicted molar refractivity (Wildman–Crippen MR) is 97.2 cm³/mol. The molecule has 26 heavy (non-hydrogen) atoms. The first kappa shape index (κ1) is 21.0. The van der Waals surface area contributed by atoms with Crippen LogP contribution in [0.3, 0.4) is 0 Å². The summed E-state index contributed by atoms with van der Waals surface area (Å²) < 4.78 is 5.46. The lowest BCUT2D eigenvalue weighted by atomic mass is 10.1. The van der Waals surface area contributed by atoms with Crippen molar-refractivity contribution in [2.75, 3.05) is 6.61 Å². The SMILES string of the molecule is CCCCOCc1ccccc1.Cc1cc([N+](=O)[O-])cc([N+](=O)[O-])c1O. The van der Waals surface area contributed by atoms with E-state index in [0.29, 0.717) is 0 Å². The van der Waals surface area contributed by atoms with Gasteiger partial charge < -0.3 is 9.84 Å². The second-order valence-electron chi connectivity index (χ2n) is 5.54. The Balaban J connectivity index is 0.000000263. The van der Waals surface area contributed by atoms with E-state index in [1.54, 1.807) is 0 Å². The maximum Gasteiger partial charge on any atom is 0.317 e. The molecule has 0 atom stereocenters. The lowest BCUT2D eigenvalue weighted by Crippen LogP contribution is -1.94. The first-order valence-electron chi connectivity index (χ1n) is 8.10. The second kappa shape index (κ2) is 10.8. The molecule has 0 aliphatic heterocycles. The van der Waals surface area contributed by atoms with E-state index in [1.807, 2.05) is 18.2 Å². The maximum atomic E-state index is 10.4. The number of unbranched alkanes of at least 4 members (excludes halogenated alkanes) is 1. The van der Waals surface area contributed by atoms with Crippen molar-refractivity contribution in [2.45, 2.75) is 33.3 Å². The zero-order valence-corrected chi connectivity index (χ0v) is 14.8. The molecular formula is C18H22N2O6. The summed E-state index contributed by atoms with van der Waals surface area (Å²) >= 11 is 0. The minimum absolute atomic E-state index is 0.103. The molecule has 0 aromatic heterocycles. The number of phenolic OH excluding ortho intramolecular Hbond substituents is 1. The largest absolute Gasteiger partial charge is 0.502 e. The highest BCUT2D eigenvalue weighted by molar-refractivity contribution is 5.57. The molecule has 0 fully saturated rings. The third kappa shape index (κ3) is 6.86. The molecule has 2 aromatic rings. The van der Waals surface area contributed by atoms with Crippen LogP contribution in [0, 0.1) is 27.2 Å². The Hall–Kier alpha value is -3.00. The summed E-state index contributed by atoms with van der Waals surface area (Å²) in [4.78, 5) is 19.1. The Bertz CT molecular complexity index is 734. The van der Waals surface area contributed by atoms with Crippen LogP contribution in [-0.2, 0) is 11.3 Å². The van der Waals surface area contributed by atoms with Gasteiger partial charge >= 0.3 is 5.69 Å². The number of hydrogen-bond acceptors (Lipinski definition) is 6. The van der Waals surface area contributed by atoms with E-state index in [0.717, 1.165) is 31.8 Å². The van der Waals surface area contributed by atoms with E-state index in [9.17, 15) is 25.3 Å². The van der Waals surface area contributed by atoms with Crippen LogP contribution in [0.1, 0.15) is 30.9 Å². The zero-order valence-electron chi connectivity index (χ0n) is 14.8. The highest BCUT2D eigenvalue weighted by atomic mass is 16.6. The summed E-state index contributed by atoms with van der Waals surface area (Å²) in [6.07, 6.45) is 2.36. The number of aryl methyl sites for hydroxylation is 1. The van der Waals surface area contributed by atoms with Crippen molar-refractivity contribution in [3.63, 3.8) is 0 Å². The van der Waals surface area contributed by atoms with Crippen LogP contribution < -0.4 is 0 Å². The molecule has 0 aliphatic carbocycles. The Morgan fingerprint density at radius 3 is 2.27 bits per heavy atom. The molecule has 2 aromatic carbocycles. The van der Waals surface area contributed by atoms with E-state index in [2.05, 4.69) is 19.1 Å². The minimum Gasteiger partial charge on any atom is -0.502 e. The average Bonchev–Trinajstić information content (AvgIpc) is 2.62. The molecule has 0 aliphatic rings. The molecule has 8 nitrogen and oxygen atoms in total. The number of nitrogens with zero attached hydrogens (tertiary/aromatic N) is 2. The summed E-state index contributed by atoms with van der Waals surface area (Å²) in [6.45, 7) is 5.16. The molecule has 0 spiro atoms. The molecule has 0 bridgehead atoms. The molecule has 140 valence electrons. The Morgan fingerprint density at radius 1 is 1.08 bits per heavy atom. The van der Waals surface area contributed by atoms with Gasteiger partial charge in [-0.2, -0.15) is 0 Å². The number of non-ortho nitro benzene ring substituents is 1. The van der Waals surface area contributed by atoms with Gasteiger partial charge in [0.15, 0.2) is 5.75 Å². The predicted octanol–water partition coefficient (Wildman–Crippen LogP) is 4.52. The molecule has 1 N–H and O–H groups in total.